The van der Waals surface area contributed by atoms with Crippen LogP contribution in [-0.2, 0) is 21.3 Å². The van der Waals surface area contributed by atoms with Gasteiger partial charge in [0.15, 0.2) is 5.03 Å². The monoisotopic (exact) mass is 251 g/mol. The van der Waals surface area contributed by atoms with Crippen molar-refractivity contribution in [2.45, 2.75) is 11.4 Å². The lowest BCUT2D eigenvalue weighted by atomic mass is 9.97. The summed E-state index contributed by atoms with van der Waals surface area (Å²) in [6, 6.07) is 1.44. The zero-order valence-electron chi connectivity index (χ0n) is 8.67. The Kier molecular flexibility index (Phi) is 2.04. The van der Waals surface area contributed by atoms with Crippen molar-refractivity contribution in [1.29, 1.82) is 0 Å². The molecule has 0 fully saturated rings. The van der Waals surface area contributed by atoms with E-state index < -0.39 is 10.1 Å². The van der Waals surface area contributed by atoms with Crippen LogP contribution in [0.2, 0.25) is 0 Å². The largest absolute Gasteiger partial charge is 0.465 e. The fraction of sp³-hybridized carbons (Fsp3) is 0.0909. The van der Waals surface area contributed by atoms with Crippen LogP contribution in [0, 0.1) is 0 Å². The summed E-state index contributed by atoms with van der Waals surface area (Å²) in [6.45, 7) is 0. The smallest absolute Gasteiger partial charge is 0.310 e. The first-order valence-electron chi connectivity index (χ1n) is 4.99. The molecular weight excluding hydrogens is 242 g/mol. The molecule has 0 spiro atoms. The highest BCUT2D eigenvalue weighted by atomic mass is 32.2. The van der Waals surface area contributed by atoms with Gasteiger partial charge >= 0.3 is 10.1 Å². The first-order valence-corrected chi connectivity index (χ1v) is 6.43. The molecule has 3 rings (SSSR count). The van der Waals surface area contributed by atoms with E-state index in [0.29, 0.717) is 17.9 Å². The quantitative estimate of drug-likeness (QED) is 0.743. The molecule has 0 atom stereocenters. The van der Waals surface area contributed by atoms with Gasteiger partial charge in [-0.15, -0.1) is 0 Å². The van der Waals surface area contributed by atoms with Crippen LogP contribution in [0.4, 0.5) is 0 Å². The predicted octanol–water partition coefficient (Wildman–Crippen LogP) is 1.63. The summed E-state index contributed by atoms with van der Waals surface area (Å²) >= 11 is 0. The third-order valence-corrected chi connectivity index (χ3v) is 3.51. The minimum absolute atomic E-state index is 0.187. The zero-order chi connectivity index (χ0) is 12.0. The van der Waals surface area contributed by atoms with Crippen LogP contribution in [0.5, 0.6) is 0 Å². The maximum Gasteiger partial charge on any atom is 0.310 e. The van der Waals surface area contributed by atoms with Crippen molar-refractivity contribution in [3.63, 3.8) is 0 Å². The number of hydrogen-bond acceptors (Lipinski definition) is 3. The van der Waals surface area contributed by atoms with Crippen molar-refractivity contribution in [3.05, 3.63) is 47.6 Å². The third-order valence-electron chi connectivity index (χ3n) is 2.73. The number of aromatic amines is 1. The molecule has 17 heavy (non-hydrogen) atoms. The zero-order valence-corrected chi connectivity index (χ0v) is 9.49. The molecule has 0 aromatic carbocycles. The Morgan fingerprint density at radius 2 is 2.24 bits per heavy atom. The topological polar surface area (TPSA) is 79.4 Å². The molecule has 0 saturated heterocycles. The van der Waals surface area contributed by atoms with E-state index in [4.69, 9.17) is 9.29 Å². The van der Waals surface area contributed by atoms with E-state index in [2.05, 4.69) is 4.98 Å². The molecule has 6 heteroatoms. The van der Waals surface area contributed by atoms with Crippen molar-refractivity contribution in [2.75, 3.05) is 0 Å². The number of hydrogen-bond donors (Lipinski definition) is 2. The summed E-state index contributed by atoms with van der Waals surface area (Å²) in [5.74, 6) is 0.698. The number of H-pyrrole nitrogens is 1. The fourth-order valence-corrected chi connectivity index (χ4v) is 2.49. The van der Waals surface area contributed by atoms with Gasteiger partial charge in [0, 0.05) is 5.57 Å². The van der Waals surface area contributed by atoms with Crippen LogP contribution < -0.4 is 0 Å². The summed E-state index contributed by atoms with van der Waals surface area (Å²) in [7, 11) is -4.20. The van der Waals surface area contributed by atoms with Gasteiger partial charge in [0.1, 0.15) is 5.76 Å². The van der Waals surface area contributed by atoms with E-state index in [1.807, 2.05) is 12.2 Å². The Morgan fingerprint density at radius 1 is 1.41 bits per heavy atom. The van der Waals surface area contributed by atoms with Crippen molar-refractivity contribution in [1.82, 2.24) is 4.98 Å². The summed E-state index contributed by atoms with van der Waals surface area (Å²) in [6.07, 6.45) is 7.57. The highest BCUT2D eigenvalue weighted by Gasteiger charge is 2.24. The molecule has 0 unspecified atom stereocenters. The molecule has 0 amide bonds. The van der Waals surface area contributed by atoms with E-state index in [-0.39, 0.29) is 5.03 Å². The molecule has 1 aromatic heterocycles. The number of nitrogens with one attached hydrogen (secondary N) is 1. The van der Waals surface area contributed by atoms with Gasteiger partial charge in [0.05, 0.1) is 12.0 Å². The summed E-state index contributed by atoms with van der Waals surface area (Å²) in [5.41, 5.74) is 2.30. The van der Waals surface area contributed by atoms with Crippen molar-refractivity contribution >= 4 is 15.7 Å². The van der Waals surface area contributed by atoms with Gasteiger partial charge < -0.3 is 9.72 Å². The molecule has 0 bridgehead atoms. The van der Waals surface area contributed by atoms with E-state index in [9.17, 15) is 8.42 Å². The molecule has 1 aliphatic heterocycles. The van der Waals surface area contributed by atoms with Gasteiger partial charge in [-0.3, -0.25) is 4.55 Å². The molecule has 88 valence electrons. The van der Waals surface area contributed by atoms with Gasteiger partial charge in [-0.2, -0.15) is 8.42 Å². The van der Waals surface area contributed by atoms with E-state index in [1.54, 1.807) is 12.3 Å². The second-order valence-electron chi connectivity index (χ2n) is 3.81. The fourth-order valence-electron chi connectivity index (χ4n) is 1.97. The number of ether oxygens (including phenoxy) is 1. The molecule has 2 heterocycles. The lowest BCUT2D eigenvalue weighted by molar-refractivity contribution is 0.366. The SMILES string of the molecule is O=S(=O)(O)c1cc2c([nH]1)C1=CC=COC1=CC2. The van der Waals surface area contributed by atoms with Gasteiger partial charge in [-0.25, -0.2) is 0 Å². The standard InChI is InChI=1S/C11H9NO4S/c13-17(14,15)10-6-7-3-4-9-8(11(7)12-10)2-1-5-16-9/h1-2,4-6,12H,3H2,(H,13,14,15). The second-order valence-corrected chi connectivity index (χ2v) is 5.20. The van der Waals surface area contributed by atoms with E-state index in [1.165, 1.54) is 6.07 Å². The highest BCUT2D eigenvalue weighted by molar-refractivity contribution is 7.85. The summed E-state index contributed by atoms with van der Waals surface area (Å²) in [4.78, 5) is 2.71. The number of aromatic nitrogens is 1. The van der Waals surface area contributed by atoms with Gasteiger partial charge in [-0.05, 0) is 36.3 Å². The molecule has 1 aliphatic carbocycles. The Labute approximate surface area is 97.9 Å². The number of rotatable bonds is 1. The lowest BCUT2D eigenvalue weighted by Gasteiger charge is -2.18. The predicted molar refractivity (Wildman–Crippen MR) is 60.6 cm³/mol. The maximum atomic E-state index is 11.1. The average molecular weight is 251 g/mol. The molecule has 5 nitrogen and oxygen atoms in total. The second kappa shape index (κ2) is 3.35. The first kappa shape index (κ1) is 10.4. The Balaban J connectivity index is 2.18. The molecule has 2 aliphatic rings. The van der Waals surface area contributed by atoms with Crippen molar-refractivity contribution in [3.8, 4) is 0 Å². The van der Waals surface area contributed by atoms with Crippen LogP contribution in [0.15, 0.2) is 41.3 Å². The first-order chi connectivity index (χ1) is 8.05. The minimum atomic E-state index is -4.20. The normalized spacial score (nSPS) is 17.7. The molecule has 1 aromatic rings. The molecule has 2 N–H and O–H groups in total. The Hall–Kier alpha value is -1.79. The van der Waals surface area contributed by atoms with E-state index in [0.717, 1.165) is 11.1 Å². The minimum Gasteiger partial charge on any atom is -0.465 e. The third kappa shape index (κ3) is 1.62. The van der Waals surface area contributed by atoms with Gasteiger partial charge in [-0.1, -0.05) is 0 Å². The molecule has 0 radical (unpaired) electrons. The molecular formula is C11H9NO4S. The number of allylic oxidation sites excluding steroid dienone is 4. The average Bonchev–Trinajstić information content (AvgIpc) is 2.72. The van der Waals surface area contributed by atoms with Crippen molar-refractivity contribution < 1.29 is 17.7 Å². The Morgan fingerprint density at radius 3 is 3.00 bits per heavy atom. The van der Waals surface area contributed by atoms with Crippen LogP contribution in [0.1, 0.15) is 11.3 Å². The van der Waals surface area contributed by atoms with Crippen LogP contribution in [0.25, 0.3) is 5.57 Å². The molecule has 0 saturated carbocycles. The van der Waals surface area contributed by atoms with Gasteiger partial charge in [0.25, 0.3) is 0 Å². The van der Waals surface area contributed by atoms with Crippen molar-refractivity contribution in [2.24, 2.45) is 0 Å². The number of fused-ring (bicyclic) bond motifs is 3. The highest BCUT2D eigenvalue weighted by Crippen LogP contribution is 2.34. The van der Waals surface area contributed by atoms with Crippen LogP contribution in [0.3, 0.4) is 0 Å². The maximum absolute atomic E-state index is 11.1. The summed E-state index contributed by atoms with van der Waals surface area (Å²) < 4.78 is 36.4. The van der Waals surface area contributed by atoms with Crippen LogP contribution >= 0.6 is 0 Å². The van der Waals surface area contributed by atoms with E-state index >= 15 is 0 Å². The lowest BCUT2D eigenvalue weighted by Crippen LogP contribution is -2.04. The van der Waals surface area contributed by atoms with Gasteiger partial charge in [0.2, 0.25) is 0 Å². The Bertz CT molecular complexity index is 676. The van der Waals surface area contributed by atoms with Crippen LogP contribution in [-0.4, -0.2) is 18.0 Å². The summed E-state index contributed by atoms with van der Waals surface area (Å²) in [5, 5.41) is -0.187.